The lowest BCUT2D eigenvalue weighted by molar-refractivity contribution is -0.139. The summed E-state index contributed by atoms with van der Waals surface area (Å²) in [6.45, 7) is 2.05. The number of hydrogen-bond donors (Lipinski definition) is 0. The van der Waals surface area contributed by atoms with Gasteiger partial charge in [-0.2, -0.15) is 5.26 Å². The highest BCUT2D eigenvalue weighted by Crippen LogP contribution is 2.25. The van der Waals surface area contributed by atoms with Crippen LogP contribution in [0.1, 0.15) is 16.7 Å². The van der Waals surface area contributed by atoms with Crippen LogP contribution in [-0.4, -0.2) is 13.1 Å². The normalized spacial score (nSPS) is 10.8. The van der Waals surface area contributed by atoms with E-state index in [-0.39, 0.29) is 12.2 Å². The average molecular weight is 386 g/mol. The molecule has 2 aromatic carbocycles. The number of aryl methyl sites for hydroxylation is 1. The number of benzene rings is 2. The molecule has 0 aliphatic heterocycles. The maximum absolute atomic E-state index is 12.1. The van der Waals surface area contributed by atoms with Crippen molar-refractivity contribution in [3.8, 4) is 11.8 Å². The first-order chi connectivity index (χ1) is 11.5. The van der Waals surface area contributed by atoms with Crippen molar-refractivity contribution in [2.75, 3.05) is 7.11 Å². The molecule has 0 heterocycles. The van der Waals surface area contributed by atoms with Gasteiger partial charge in [-0.3, -0.25) is 0 Å². The van der Waals surface area contributed by atoms with Gasteiger partial charge < -0.3 is 9.47 Å². The van der Waals surface area contributed by atoms with Crippen molar-refractivity contribution >= 4 is 28.0 Å². The Morgan fingerprint density at radius 1 is 1.25 bits per heavy atom. The quantitative estimate of drug-likeness (QED) is 0.434. The number of methoxy groups -OCH3 is 1. The smallest absolute Gasteiger partial charge is 0.349 e. The molecule has 0 N–H and O–H groups in total. The predicted molar refractivity (Wildman–Crippen MR) is 95.3 cm³/mol. The third-order valence-electron chi connectivity index (χ3n) is 3.31. The monoisotopic (exact) mass is 385 g/mol. The van der Waals surface area contributed by atoms with Gasteiger partial charge in [-0.05, 0) is 52.2 Å². The van der Waals surface area contributed by atoms with Gasteiger partial charge in [0.1, 0.15) is 24.0 Å². The number of hydrogen-bond acceptors (Lipinski definition) is 4. The maximum Gasteiger partial charge on any atom is 0.349 e. The zero-order chi connectivity index (χ0) is 17.5. The number of rotatable bonds is 5. The number of nitriles is 1. The molecule has 0 aliphatic rings. The predicted octanol–water partition coefficient (Wildman–Crippen LogP) is 4.42. The molecule has 0 radical (unpaired) electrons. The third-order valence-corrected chi connectivity index (χ3v) is 3.93. The lowest BCUT2D eigenvalue weighted by Crippen LogP contribution is -2.07. The summed E-state index contributed by atoms with van der Waals surface area (Å²) in [5.41, 5.74) is 2.65. The molecule has 122 valence electrons. The van der Waals surface area contributed by atoms with Gasteiger partial charge in [-0.15, -0.1) is 0 Å². The second-order valence-electron chi connectivity index (χ2n) is 5.13. The van der Waals surface area contributed by atoms with E-state index in [9.17, 15) is 10.1 Å². The van der Waals surface area contributed by atoms with Crippen LogP contribution in [0.4, 0.5) is 0 Å². The van der Waals surface area contributed by atoms with E-state index in [0.29, 0.717) is 5.75 Å². The van der Waals surface area contributed by atoms with Gasteiger partial charge in [0.2, 0.25) is 0 Å². The number of nitrogens with zero attached hydrogens (tertiary/aromatic N) is 1. The number of carbonyl (C=O) groups is 1. The van der Waals surface area contributed by atoms with E-state index in [4.69, 9.17) is 9.47 Å². The van der Waals surface area contributed by atoms with Crippen molar-refractivity contribution in [3.63, 3.8) is 0 Å². The van der Waals surface area contributed by atoms with E-state index in [0.717, 1.165) is 21.2 Å². The Morgan fingerprint density at radius 3 is 2.54 bits per heavy atom. The van der Waals surface area contributed by atoms with Crippen molar-refractivity contribution in [3.05, 3.63) is 69.2 Å². The summed E-state index contributed by atoms with van der Waals surface area (Å²) in [6, 6.07) is 14.8. The highest BCUT2D eigenvalue weighted by molar-refractivity contribution is 9.10. The molecule has 0 bridgehead atoms. The van der Waals surface area contributed by atoms with Crippen molar-refractivity contribution in [1.82, 2.24) is 0 Å². The first kappa shape index (κ1) is 17.8. The van der Waals surface area contributed by atoms with Gasteiger partial charge in [0.25, 0.3) is 0 Å². The zero-order valence-corrected chi connectivity index (χ0v) is 15.0. The Hall–Kier alpha value is -2.58. The van der Waals surface area contributed by atoms with Gasteiger partial charge in [0.05, 0.1) is 11.6 Å². The first-order valence-corrected chi connectivity index (χ1v) is 8.01. The molecular weight excluding hydrogens is 370 g/mol. The van der Waals surface area contributed by atoms with Crippen LogP contribution in [0, 0.1) is 18.3 Å². The molecule has 0 aliphatic carbocycles. The minimum absolute atomic E-state index is 0.0357. The van der Waals surface area contributed by atoms with Crippen LogP contribution in [0.2, 0.25) is 0 Å². The molecule has 2 rings (SSSR count). The summed E-state index contributed by atoms with van der Waals surface area (Å²) in [6.07, 6.45) is 1.52. The maximum atomic E-state index is 12.1. The minimum Gasteiger partial charge on any atom is -0.496 e. The largest absolute Gasteiger partial charge is 0.496 e. The lowest BCUT2D eigenvalue weighted by Gasteiger charge is -2.07. The number of halogens is 1. The fourth-order valence-corrected chi connectivity index (χ4v) is 2.58. The van der Waals surface area contributed by atoms with Crippen LogP contribution in [0.5, 0.6) is 5.75 Å². The summed E-state index contributed by atoms with van der Waals surface area (Å²) in [4.78, 5) is 12.1. The van der Waals surface area contributed by atoms with Crippen LogP contribution in [0.3, 0.4) is 0 Å². The highest BCUT2D eigenvalue weighted by atomic mass is 79.9. The van der Waals surface area contributed by atoms with Crippen LogP contribution in [0.25, 0.3) is 6.08 Å². The standard InChI is InChI=1S/C19H16BrNO3/c1-13-3-5-14(6-4-13)9-16(11-21)19(22)24-12-15-7-8-18(23-2)17(20)10-15/h3-10H,12H2,1-2H3/b16-9+. The first-order valence-electron chi connectivity index (χ1n) is 7.21. The van der Waals surface area contributed by atoms with E-state index in [1.54, 1.807) is 19.2 Å². The van der Waals surface area contributed by atoms with Crippen LogP contribution < -0.4 is 4.74 Å². The van der Waals surface area contributed by atoms with Crippen LogP contribution in [0.15, 0.2) is 52.5 Å². The molecule has 0 spiro atoms. The molecule has 5 heteroatoms. The summed E-state index contributed by atoms with van der Waals surface area (Å²) >= 11 is 3.38. The zero-order valence-electron chi connectivity index (χ0n) is 13.4. The molecule has 2 aromatic rings. The Morgan fingerprint density at radius 2 is 1.96 bits per heavy atom. The molecular formula is C19H16BrNO3. The number of esters is 1. The Labute approximate surface area is 149 Å². The molecule has 0 atom stereocenters. The van der Waals surface area contributed by atoms with E-state index in [1.807, 2.05) is 43.3 Å². The second kappa shape index (κ2) is 8.32. The third kappa shape index (κ3) is 4.71. The van der Waals surface area contributed by atoms with E-state index < -0.39 is 5.97 Å². The number of carbonyl (C=O) groups excluding carboxylic acids is 1. The van der Waals surface area contributed by atoms with E-state index in [1.165, 1.54) is 6.08 Å². The van der Waals surface area contributed by atoms with Crippen molar-refractivity contribution in [2.24, 2.45) is 0 Å². The SMILES string of the molecule is COc1ccc(COC(=O)/C(C#N)=C/c2ccc(C)cc2)cc1Br. The summed E-state index contributed by atoms with van der Waals surface area (Å²) in [5.74, 6) is 0.0482. The Kier molecular flexibility index (Phi) is 6.16. The van der Waals surface area contributed by atoms with Gasteiger partial charge in [0, 0.05) is 0 Å². The van der Waals surface area contributed by atoms with Gasteiger partial charge >= 0.3 is 5.97 Å². The fourth-order valence-electron chi connectivity index (χ4n) is 1.99. The molecule has 4 nitrogen and oxygen atoms in total. The van der Waals surface area contributed by atoms with Crippen LogP contribution >= 0.6 is 15.9 Å². The molecule has 0 saturated carbocycles. The lowest BCUT2D eigenvalue weighted by atomic mass is 10.1. The van der Waals surface area contributed by atoms with Gasteiger partial charge in [-0.25, -0.2) is 4.79 Å². The molecule has 0 saturated heterocycles. The van der Waals surface area contributed by atoms with Crippen molar-refractivity contribution < 1.29 is 14.3 Å². The Balaban J connectivity index is 2.06. The fraction of sp³-hybridized carbons (Fsp3) is 0.158. The molecule has 24 heavy (non-hydrogen) atoms. The van der Waals surface area contributed by atoms with Crippen LogP contribution in [-0.2, 0) is 16.1 Å². The summed E-state index contributed by atoms with van der Waals surface area (Å²) in [5, 5.41) is 9.18. The molecule has 0 aromatic heterocycles. The van der Waals surface area contributed by atoms with Crippen molar-refractivity contribution in [2.45, 2.75) is 13.5 Å². The van der Waals surface area contributed by atoms with Crippen molar-refractivity contribution in [1.29, 1.82) is 5.26 Å². The molecule has 0 amide bonds. The van der Waals surface area contributed by atoms with Gasteiger partial charge in [0.15, 0.2) is 0 Å². The number of ether oxygens (including phenoxy) is 2. The second-order valence-corrected chi connectivity index (χ2v) is 5.98. The highest BCUT2D eigenvalue weighted by Gasteiger charge is 2.11. The minimum atomic E-state index is -0.648. The average Bonchev–Trinajstić information content (AvgIpc) is 2.59. The molecule has 0 fully saturated rings. The van der Waals surface area contributed by atoms with Gasteiger partial charge in [-0.1, -0.05) is 35.9 Å². The summed E-state index contributed by atoms with van der Waals surface area (Å²) < 4.78 is 11.1. The van der Waals surface area contributed by atoms with E-state index >= 15 is 0 Å². The Bertz CT molecular complexity index is 804. The van der Waals surface area contributed by atoms with E-state index in [2.05, 4.69) is 15.9 Å². The molecule has 0 unspecified atom stereocenters. The topological polar surface area (TPSA) is 59.3 Å². The summed E-state index contributed by atoms with van der Waals surface area (Å²) in [7, 11) is 1.58.